The lowest BCUT2D eigenvalue weighted by Crippen LogP contribution is -2.52. The highest BCUT2D eigenvalue weighted by Gasteiger charge is 2.27. The number of rotatable bonds is 3. The monoisotopic (exact) mass is 248 g/mol. The van der Waals surface area contributed by atoms with Crippen molar-refractivity contribution >= 4 is 17.5 Å². The number of piperazine rings is 1. The number of amides is 2. The topological polar surface area (TPSA) is 60.9 Å². The molecule has 0 unspecified atom stereocenters. The zero-order valence-electron chi connectivity index (χ0n) is 10.3. The van der Waals surface area contributed by atoms with E-state index in [0.29, 0.717) is 6.42 Å². The highest BCUT2D eigenvalue weighted by Crippen LogP contribution is 2.18. The zero-order chi connectivity index (χ0) is 13.1. The average Bonchev–Trinajstić information content (AvgIpc) is 2.37. The van der Waals surface area contributed by atoms with E-state index in [4.69, 9.17) is 5.11 Å². The van der Waals surface area contributed by atoms with Gasteiger partial charge in [-0.2, -0.15) is 0 Å². The van der Waals surface area contributed by atoms with E-state index in [-0.39, 0.29) is 31.5 Å². The van der Waals surface area contributed by atoms with Gasteiger partial charge in [-0.1, -0.05) is 12.1 Å². The average molecular weight is 248 g/mol. The van der Waals surface area contributed by atoms with Crippen LogP contribution < -0.4 is 4.90 Å². The molecule has 2 rings (SSSR count). The first-order chi connectivity index (χ1) is 8.61. The molecule has 0 saturated carbocycles. The van der Waals surface area contributed by atoms with E-state index in [1.54, 1.807) is 4.90 Å². The Balaban J connectivity index is 2.12. The van der Waals surface area contributed by atoms with Gasteiger partial charge in [-0.05, 0) is 24.1 Å². The van der Waals surface area contributed by atoms with Crippen molar-refractivity contribution in [2.75, 3.05) is 31.6 Å². The van der Waals surface area contributed by atoms with Crippen LogP contribution in [0.25, 0.3) is 0 Å². The van der Waals surface area contributed by atoms with Crippen molar-refractivity contribution in [2.24, 2.45) is 0 Å². The van der Waals surface area contributed by atoms with Crippen LogP contribution in [0.3, 0.4) is 0 Å². The molecule has 0 spiro atoms. The van der Waals surface area contributed by atoms with Gasteiger partial charge in [0.15, 0.2) is 0 Å². The minimum Gasteiger partial charge on any atom is -0.396 e. The minimum atomic E-state index is -0.189. The lowest BCUT2D eigenvalue weighted by molar-refractivity contribution is -0.143. The second kappa shape index (κ2) is 5.18. The summed E-state index contributed by atoms with van der Waals surface area (Å²) >= 11 is 0. The maximum absolute atomic E-state index is 11.6. The van der Waals surface area contributed by atoms with Crippen LogP contribution in [0.5, 0.6) is 0 Å². The first-order valence-electron chi connectivity index (χ1n) is 5.86. The number of benzene rings is 1. The highest BCUT2D eigenvalue weighted by molar-refractivity contribution is 6.02. The summed E-state index contributed by atoms with van der Waals surface area (Å²) in [5, 5.41) is 8.83. The summed E-state index contributed by atoms with van der Waals surface area (Å²) in [5.41, 5.74) is 1.89. The Morgan fingerprint density at radius 3 is 2.17 bits per heavy atom. The van der Waals surface area contributed by atoms with Crippen LogP contribution in [0.1, 0.15) is 5.56 Å². The molecular weight excluding hydrogens is 232 g/mol. The van der Waals surface area contributed by atoms with Gasteiger partial charge >= 0.3 is 0 Å². The predicted molar refractivity (Wildman–Crippen MR) is 67.2 cm³/mol. The summed E-state index contributed by atoms with van der Waals surface area (Å²) < 4.78 is 0. The Kier molecular flexibility index (Phi) is 3.62. The number of aliphatic hydroxyl groups is 1. The third kappa shape index (κ3) is 2.51. The zero-order valence-corrected chi connectivity index (χ0v) is 10.3. The number of aliphatic hydroxyl groups excluding tert-OH is 1. The van der Waals surface area contributed by atoms with Crippen LogP contribution in [0.4, 0.5) is 5.69 Å². The molecule has 1 aromatic rings. The molecule has 0 aliphatic carbocycles. The number of hydrogen-bond acceptors (Lipinski definition) is 4. The third-order valence-corrected chi connectivity index (χ3v) is 3.10. The van der Waals surface area contributed by atoms with Crippen LogP contribution in [-0.4, -0.2) is 48.6 Å². The first kappa shape index (κ1) is 12.6. The van der Waals surface area contributed by atoms with E-state index in [1.165, 1.54) is 7.05 Å². The Morgan fingerprint density at radius 2 is 1.67 bits per heavy atom. The van der Waals surface area contributed by atoms with Crippen LogP contribution in [0, 0.1) is 0 Å². The number of carbonyl (C=O) groups excluding carboxylic acids is 2. The molecule has 1 aliphatic heterocycles. The fourth-order valence-corrected chi connectivity index (χ4v) is 1.92. The molecule has 18 heavy (non-hydrogen) atoms. The van der Waals surface area contributed by atoms with Crippen molar-refractivity contribution in [2.45, 2.75) is 6.42 Å². The molecule has 5 nitrogen and oxygen atoms in total. The number of carbonyl (C=O) groups is 2. The summed E-state index contributed by atoms with van der Waals surface area (Å²) in [6.45, 7) is 0.563. The molecule has 1 aliphatic rings. The molecule has 1 saturated heterocycles. The number of anilines is 1. The molecule has 96 valence electrons. The van der Waals surface area contributed by atoms with E-state index in [2.05, 4.69) is 0 Å². The molecule has 0 radical (unpaired) electrons. The van der Waals surface area contributed by atoms with Crippen LogP contribution >= 0.6 is 0 Å². The first-order valence-corrected chi connectivity index (χ1v) is 5.86. The minimum absolute atomic E-state index is 0.116. The molecular formula is C13H16N2O3. The van der Waals surface area contributed by atoms with Crippen molar-refractivity contribution in [1.29, 1.82) is 0 Å². The number of imide groups is 1. The largest absolute Gasteiger partial charge is 0.396 e. The summed E-state index contributed by atoms with van der Waals surface area (Å²) in [7, 11) is 1.51. The quantitative estimate of drug-likeness (QED) is 0.766. The van der Waals surface area contributed by atoms with E-state index in [1.807, 2.05) is 24.3 Å². The molecule has 1 aromatic carbocycles. The van der Waals surface area contributed by atoms with Gasteiger partial charge in [0.2, 0.25) is 11.8 Å². The smallest absolute Gasteiger partial charge is 0.248 e. The molecule has 1 N–H and O–H groups in total. The number of likely N-dealkylation sites (N-methyl/N-ethyl adjacent to an activating group) is 1. The third-order valence-electron chi connectivity index (χ3n) is 3.10. The Hall–Kier alpha value is -1.88. The fourth-order valence-electron chi connectivity index (χ4n) is 1.92. The Bertz CT molecular complexity index is 438. The van der Waals surface area contributed by atoms with Crippen molar-refractivity contribution in [1.82, 2.24) is 4.90 Å². The van der Waals surface area contributed by atoms with Gasteiger partial charge in [-0.15, -0.1) is 0 Å². The highest BCUT2D eigenvalue weighted by atomic mass is 16.3. The van der Waals surface area contributed by atoms with Gasteiger partial charge < -0.3 is 10.0 Å². The SMILES string of the molecule is CN1C(=O)CN(c2ccc(CCO)cc2)CC1=O. The normalized spacial score (nSPS) is 16.3. The van der Waals surface area contributed by atoms with Crippen LogP contribution in [0.15, 0.2) is 24.3 Å². The lowest BCUT2D eigenvalue weighted by atomic mass is 10.1. The van der Waals surface area contributed by atoms with E-state index < -0.39 is 0 Å². The molecule has 0 bridgehead atoms. The van der Waals surface area contributed by atoms with Crippen molar-refractivity contribution in [3.63, 3.8) is 0 Å². The van der Waals surface area contributed by atoms with Gasteiger partial charge in [0.25, 0.3) is 0 Å². The summed E-state index contributed by atoms with van der Waals surface area (Å²) in [4.78, 5) is 26.1. The van der Waals surface area contributed by atoms with Crippen molar-refractivity contribution < 1.29 is 14.7 Å². The van der Waals surface area contributed by atoms with Gasteiger partial charge in [0.1, 0.15) is 0 Å². The standard InChI is InChI=1S/C13H16N2O3/c1-14-12(17)8-15(9-13(14)18)11-4-2-10(3-5-11)6-7-16/h2-5,16H,6-9H2,1H3. The summed E-state index contributed by atoms with van der Waals surface area (Å²) in [6, 6.07) is 7.55. The molecule has 2 amide bonds. The molecule has 1 fully saturated rings. The van der Waals surface area contributed by atoms with Gasteiger partial charge in [0, 0.05) is 19.3 Å². The second-order valence-electron chi connectivity index (χ2n) is 4.34. The van der Waals surface area contributed by atoms with E-state index in [0.717, 1.165) is 16.2 Å². The predicted octanol–water partition coefficient (Wildman–Crippen LogP) is 0.0264. The van der Waals surface area contributed by atoms with Crippen LogP contribution in [0.2, 0.25) is 0 Å². The number of hydrogen-bond donors (Lipinski definition) is 1. The molecule has 0 atom stereocenters. The van der Waals surface area contributed by atoms with Crippen molar-refractivity contribution in [3.05, 3.63) is 29.8 Å². The number of nitrogens with zero attached hydrogens (tertiary/aromatic N) is 2. The molecule has 5 heteroatoms. The molecule has 0 aromatic heterocycles. The van der Waals surface area contributed by atoms with Gasteiger partial charge in [-0.3, -0.25) is 14.5 Å². The van der Waals surface area contributed by atoms with Gasteiger partial charge in [-0.25, -0.2) is 0 Å². The Morgan fingerprint density at radius 1 is 1.11 bits per heavy atom. The Labute approximate surface area is 106 Å². The maximum Gasteiger partial charge on any atom is 0.248 e. The maximum atomic E-state index is 11.6. The lowest BCUT2D eigenvalue weighted by Gasteiger charge is -2.32. The van der Waals surface area contributed by atoms with Crippen molar-refractivity contribution in [3.8, 4) is 0 Å². The van der Waals surface area contributed by atoms with Crippen LogP contribution in [-0.2, 0) is 16.0 Å². The fraction of sp³-hybridized carbons (Fsp3) is 0.385. The van der Waals surface area contributed by atoms with Gasteiger partial charge in [0.05, 0.1) is 13.1 Å². The second-order valence-corrected chi connectivity index (χ2v) is 4.34. The molecule has 1 heterocycles. The summed E-state index contributed by atoms with van der Waals surface area (Å²) in [6.07, 6.45) is 0.612. The van der Waals surface area contributed by atoms with E-state index in [9.17, 15) is 9.59 Å². The summed E-state index contributed by atoms with van der Waals surface area (Å²) in [5.74, 6) is -0.378. The van der Waals surface area contributed by atoms with E-state index >= 15 is 0 Å².